The molecule has 1 heterocycles. The van der Waals surface area contributed by atoms with Crippen LogP contribution in [0.3, 0.4) is 0 Å². The van der Waals surface area contributed by atoms with Crippen LogP contribution in [0, 0.1) is 6.92 Å². The van der Waals surface area contributed by atoms with Crippen LogP contribution in [0.1, 0.15) is 29.3 Å². The molecular weight excluding hydrogens is 330 g/mol. The van der Waals surface area contributed by atoms with Gasteiger partial charge in [-0.25, -0.2) is 4.68 Å². The maximum Gasteiger partial charge on any atom is 0.251 e. The van der Waals surface area contributed by atoms with Crippen LogP contribution < -0.4 is 5.32 Å². The van der Waals surface area contributed by atoms with E-state index in [2.05, 4.69) is 20.8 Å². The Morgan fingerprint density at radius 1 is 1.19 bits per heavy atom. The lowest BCUT2D eigenvalue weighted by Crippen LogP contribution is -2.33. The quantitative estimate of drug-likeness (QED) is 0.710. The molecule has 0 saturated carbocycles. The van der Waals surface area contributed by atoms with Crippen LogP contribution in [0.2, 0.25) is 0 Å². The van der Waals surface area contributed by atoms with Crippen LogP contribution in [0.15, 0.2) is 48.8 Å². The highest BCUT2D eigenvalue weighted by Gasteiger charge is 2.13. The Labute approximate surface area is 151 Å². The molecule has 0 bridgehead atoms. The fourth-order valence-corrected chi connectivity index (χ4v) is 2.64. The number of aliphatic hydroxyl groups excluding tert-OH is 1. The molecule has 0 fully saturated rings. The van der Waals surface area contributed by atoms with Crippen molar-refractivity contribution in [3.05, 3.63) is 59.9 Å². The van der Waals surface area contributed by atoms with Crippen LogP contribution in [0.4, 0.5) is 0 Å². The molecule has 1 amide bonds. The predicted molar refractivity (Wildman–Crippen MR) is 98.0 cm³/mol. The Bertz CT molecular complexity index is 875. The third kappa shape index (κ3) is 4.12. The number of carbonyl (C=O) groups excluding carboxylic acids is 1. The van der Waals surface area contributed by atoms with Gasteiger partial charge in [-0.1, -0.05) is 29.8 Å². The fourth-order valence-electron chi connectivity index (χ4n) is 2.64. The number of carbonyl (C=O) groups is 1. The van der Waals surface area contributed by atoms with Gasteiger partial charge >= 0.3 is 0 Å². The molecule has 0 aliphatic heterocycles. The molecule has 134 valence electrons. The SMILES string of the molecule is Cc1ccc(-c2cc(C(=O)NC(C)CCO)cc(-n3cnnn3)c2)cc1. The molecule has 7 nitrogen and oxygen atoms in total. The smallest absolute Gasteiger partial charge is 0.251 e. The lowest BCUT2D eigenvalue weighted by Gasteiger charge is -2.14. The number of rotatable bonds is 6. The minimum atomic E-state index is -0.200. The van der Waals surface area contributed by atoms with Crippen LogP contribution in [-0.2, 0) is 0 Å². The highest BCUT2D eigenvalue weighted by Crippen LogP contribution is 2.24. The van der Waals surface area contributed by atoms with E-state index in [1.807, 2.05) is 50.2 Å². The molecule has 3 rings (SSSR count). The van der Waals surface area contributed by atoms with Gasteiger partial charge in [0.2, 0.25) is 0 Å². The summed E-state index contributed by atoms with van der Waals surface area (Å²) >= 11 is 0. The second-order valence-electron chi connectivity index (χ2n) is 6.28. The van der Waals surface area contributed by atoms with E-state index in [9.17, 15) is 4.79 Å². The number of aryl methyl sites for hydroxylation is 1. The van der Waals surface area contributed by atoms with Gasteiger partial charge in [0.05, 0.1) is 5.69 Å². The monoisotopic (exact) mass is 351 g/mol. The summed E-state index contributed by atoms with van der Waals surface area (Å²) in [4.78, 5) is 12.6. The predicted octanol–water partition coefficient (Wildman–Crippen LogP) is 2.14. The van der Waals surface area contributed by atoms with Crippen molar-refractivity contribution >= 4 is 5.91 Å². The normalized spacial score (nSPS) is 12.0. The zero-order valence-electron chi connectivity index (χ0n) is 14.8. The lowest BCUT2D eigenvalue weighted by atomic mass is 10.0. The number of benzene rings is 2. The molecule has 1 aromatic heterocycles. The molecule has 0 aliphatic rings. The number of amides is 1. The Balaban J connectivity index is 2.00. The number of tetrazole rings is 1. The van der Waals surface area contributed by atoms with Gasteiger partial charge in [-0.2, -0.15) is 0 Å². The largest absolute Gasteiger partial charge is 0.396 e. The number of nitrogens with zero attached hydrogens (tertiary/aromatic N) is 4. The van der Waals surface area contributed by atoms with Crippen LogP contribution in [0.25, 0.3) is 16.8 Å². The summed E-state index contributed by atoms with van der Waals surface area (Å²) in [6, 6.07) is 13.5. The number of hydrogen-bond donors (Lipinski definition) is 2. The molecule has 0 radical (unpaired) electrons. The number of aromatic nitrogens is 4. The van der Waals surface area contributed by atoms with Crippen molar-refractivity contribution in [1.29, 1.82) is 0 Å². The number of nitrogens with one attached hydrogen (secondary N) is 1. The molecule has 26 heavy (non-hydrogen) atoms. The van der Waals surface area contributed by atoms with Gasteiger partial charge in [-0.15, -0.1) is 5.10 Å². The van der Waals surface area contributed by atoms with Gasteiger partial charge in [0.15, 0.2) is 0 Å². The van der Waals surface area contributed by atoms with Crippen LogP contribution in [-0.4, -0.2) is 43.9 Å². The topological polar surface area (TPSA) is 92.9 Å². The van der Waals surface area contributed by atoms with Crippen molar-refractivity contribution in [2.75, 3.05) is 6.61 Å². The molecule has 3 aromatic rings. The van der Waals surface area contributed by atoms with Crippen LogP contribution >= 0.6 is 0 Å². The van der Waals surface area contributed by atoms with E-state index in [1.165, 1.54) is 16.6 Å². The summed E-state index contributed by atoms with van der Waals surface area (Å²) in [7, 11) is 0. The van der Waals surface area contributed by atoms with Gasteiger partial charge in [0.1, 0.15) is 6.33 Å². The Morgan fingerprint density at radius 2 is 1.96 bits per heavy atom. The van der Waals surface area contributed by atoms with E-state index in [0.29, 0.717) is 17.7 Å². The first kappa shape index (κ1) is 17.8. The lowest BCUT2D eigenvalue weighted by molar-refractivity contribution is 0.0934. The minimum Gasteiger partial charge on any atom is -0.396 e. The van der Waals surface area contributed by atoms with Crippen molar-refractivity contribution in [1.82, 2.24) is 25.5 Å². The van der Waals surface area contributed by atoms with Crippen LogP contribution in [0.5, 0.6) is 0 Å². The molecule has 2 N–H and O–H groups in total. The molecule has 0 saturated heterocycles. The van der Waals surface area contributed by atoms with Crippen molar-refractivity contribution < 1.29 is 9.90 Å². The molecular formula is C19H21N5O2. The van der Waals surface area contributed by atoms with Gasteiger partial charge in [0.25, 0.3) is 5.91 Å². The summed E-state index contributed by atoms with van der Waals surface area (Å²) < 4.78 is 1.52. The summed E-state index contributed by atoms with van der Waals surface area (Å²) in [5.74, 6) is -0.200. The average molecular weight is 351 g/mol. The molecule has 0 spiro atoms. The van der Waals surface area contributed by atoms with Gasteiger partial charge < -0.3 is 10.4 Å². The third-order valence-corrected chi connectivity index (χ3v) is 4.12. The van der Waals surface area contributed by atoms with Gasteiger partial charge in [-0.05, 0) is 60.0 Å². The molecule has 1 atom stereocenters. The molecule has 1 unspecified atom stereocenters. The van der Waals surface area contributed by atoms with E-state index in [4.69, 9.17) is 5.11 Å². The maximum atomic E-state index is 12.6. The minimum absolute atomic E-state index is 0.0285. The summed E-state index contributed by atoms with van der Waals surface area (Å²) in [5, 5.41) is 23.2. The van der Waals surface area contributed by atoms with E-state index in [1.54, 1.807) is 6.07 Å². The van der Waals surface area contributed by atoms with E-state index >= 15 is 0 Å². The van der Waals surface area contributed by atoms with Crippen molar-refractivity contribution in [3.8, 4) is 16.8 Å². The Kier molecular flexibility index (Phi) is 5.38. The zero-order valence-corrected chi connectivity index (χ0v) is 14.8. The van der Waals surface area contributed by atoms with Gasteiger partial charge in [0, 0.05) is 18.2 Å². The number of aliphatic hydroxyl groups is 1. The molecule has 0 aliphatic carbocycles. The second-order valence-corrected chi connectivity index (χ2v) is 6.28. The maximum absolute atomic E-state index is 12.6. The first-order chi connectivity index (χ1) is 12.6. The van der Waals surface area contributed by atoms with Crippen molar-refractivity contribution in [2.24, 2.45) is 0 Å². The Hall–Kier alpha value is -3.06. The van der Waals surface area contributed by atoms with Crippen molar-refractivity contribution in [3.63, 3.8) is 0 Å². The van der Waals surface area contributed by atoms with Gasteiger partial charge in [-0.3, -0.25) is 4.79 Å². The summed E-state index contributed by atoms with van der Waals surface area (Å²) in [6.45, 7) is 3.92. The van der Waals surface area contributed by atoms with E-state index < -0.39 is 0 Å². The fraction of sp³-hybridized carbons (Fsp3) is 0.263. The van der Waals surface area contributed by atoms with E-state index in [-0.39, 0.29) is 18.6 Å². The zero-order chi connectivity index (χ0) is 18.5. The van der Waals surface area contributed by atoms with E-state index in [0.717, 1.165) is 11.1 Å². The summed E-state index contributed by atoms with van der Waals surface area (Å²) in [5.41, 5.74) is 4.29. The average Bonchev–Trinajstić information content (AvgIpc) is 3.17. The standard InChI is InChI=1S/C19H21N5O2/c1-13-3-5-15(6-4-13)16-9-17(19(26)21-14(2)7-8-25)11-18(10-16)24-12-20-22-23-24/h3-6,9-12,14,25H,7-8H2,1-2H3,(H,21,26). The first-order valence-electron chi connectivity index (χ1n) is 8.44. The second kappa shape index (κ2) is 7.88. The summed E-state index contributed by atoms with van der Waals surface area (Å²) in [6.07, 6.45) is 1.99. The highest BCUT2D eigenvalue weighted by atomic mass is 16.3. The van der Waals surface area contributed by atoms with Crippen molar-refractivity contribution in [2.45, 2.75) is 26.3 Å². The molecule has 2 aromatic carbocycles. The molecule has 7 heteroatoms. The Morgan fingerprint density at radius 3 is 2.62 bits per heavy atom. The third-order valence-electron chi connectivity index (χ3n) is 4.12. The number of hydrogen-bond acceptors (Lipinski definition) is 5. The highest BCUT2D eigenvalue weighted by molar-refractivity contribution is 5.96. The first-order valence-corrected chi connectivity index (χ1v) is 8.44.